The van der Waals surface area contributed by atoms with Crippen molar-refractivity contribution in [1.82, 2.24) is 10.2 Å². The average molecular weight is 290 g/mol. The first-order valence-corrected chi connectivity index (χ1v) is 7.09. The molecule has 1 aromatic carbocycles. The number of likely N-dealkylation sites (N-methyl/N-ethyl adjacent to an activating group) is 1. The number of hydrogen-bond acceptors (Lipinski definition) is 4. The Bertz CT molecular complexity index is 516. The lowest BCUT2D eigenvalue weighted by Gasteiger charge is -2.25. The molecule has 21 heavy (non-hydrogen) atoms. The molecular weight excluding hydrogens is 268 g/mol. The van der Waals surface area contributed by atoms with E-state index in [1.54, 1.807) is 6.08 Å². The second kappa shape index (κ2) is 7.13. The summed E-state index contributed by atoms with van der Waals surface area (Å²) in [4.78, 5) is 13.9. The van der Waals surface area contributed by atoms with Crippen molar-refractivity contribution in [3.63, 3.8) is 0 Å². The molecule has 5 heteroatoms. The Hall–Kier alpha value is -2.01. The molecule has 0 saturated heterocycles. The van der Waals surface area contributed by atoms with Gasteiger partial charge in [0.2, 0.25) is 5.91 Å². The third kappa shape index (κ3) is 3.98. The highest BCUT2D eigenvalue weighted by Crippen LogP contribution is 2.31. The van der Waals surface area contributed by atoms with E-state index in [4.69, 9.17) is 9.47 Å². The first kappa shape index (κ1) is 15.4. The number of rotatable bonds is 6. The van der Waals surface area contributed by atoms with E-state index >= 15 is 0 Å². The molecule has 0 bridgehead atoms. The molecule has 1 aliphatic rings. The Balaban J connectivity index is 1.97. The van der Waals surface area contributed by atoms with Crippen molar-refractivity contribution < 1.29 is 14.3 Å². The first-order chi connectivity index (χ1) is 10.1. The molecule has 0 aliphatic carbocycles. The van der Waals surface area contributed by atoms with Gasteiger partial charge in [-0.2, -0.15) is 0 Å². The summed E-state index contributed by atoms with van der Waals surface area (Å²) in [6.07, 6.45) is 1.67. The molecule has 1 atom stereocenters. The monoisotopic (exact) mass is 290 g/mol. The standard InChI is InChI=1S/C16H22N2O3/c1-4-7-17-16(19)12(2)18(3)11-13-5-6-14-15(10-13)21-9-8-20-14/h4-6,10,12H,1,7-9,11H2,2-3H3,(H,17,19). The molecule has 1 aromatic rings. The zero-order chi connectivity index (χ0) is 15.2. The third-order valence-corrected chi connectivity index (χ3v) is 3.50. The van der Waals surface area contributed by atoms with Gasteiger partial charge < -0.3 is 14.8 Å². The number of nitrogens with one attached hydrogen (secondary N) is 1. The van der Waals surface area contributed by atoms with Crippen LogP contribution >= 0.6 is 0 Å². The van der Waals surface area contributed by atoms with E-state index in [1.165, 1.54) is 0 Å². The maximum atomic E-state index is 11.9. The third-order valence-electron chi connectivity index (χ3n) is 3.50. The Labute approximate surface area is 125 Å². The summed E-state index contributed by atoms with van der Waals surface area (Å²) in [5.74, 6) is 1.55. The number of carbonyl (C=O) groups is 1. The van der Waals surface area contributed by atoms with E-state index in [-0.39, 0.29) is 11.9 Å². The van der Waals surface area contributed by atoms with E-state index in [9.17, 15) is 4.79 Å². The molecule has 0 saturated carbocycles. The van der Waals surface area contributed by atoms with E-state index in [2.05, 4.69) is 11.9 Å². The van der Waals surface area contributed by atoms with Gasteiger partial charge in [-0.25, -0.2) is 0 Å². The van der Waals surface area contributed by atoms with Crippen molar-refractivity contribution in [3.05, 3.63) is 36.4 Å². The maximum Gasteiger partial charge on any atom is 0.237 e. The van der Waals surface area contributed by atoms with Gasteiger partial charge in [-0.05, 0) is 31.7 Å². The van der Waals surface area contributed by atoms with Crippen molar-refractivity contribution in [3.8, 4) is 11.5 Å². The van der Waals surface area contributed by atoms with Crippen LogP contribution in [-0.2, 0) is 11.3 Å². The second-order valence-electron chi connectivity index (χ2n) is 5.10. The summed E-state index contributed by atoms with van der Waals surface area (Å²) in [5.41, 5.74) is 1.09. The summed E-state index contributed by atoms with van der Waals surface area (Å²) < 4.78 is 11.1. The molecule has 114 valence electrons. The normalized spacial score (nSPS) is 14.6. The van der Waals surface area contributed by atoms with Gasteiger partial charge in [-0.1, -0.05) is 12.1 Å². The molecule has 1 unspecified atom stereocenters. The highest BCUT2D eigenvalue weighted by Gasteiger charge is 2.18. The Morgan fingerprint density at radius 1 is 1.43 bits per heavy atom. The summed E-state index contributed by atoms with van der Waals surface area (Å²) in [6.45, 7) is 7.80. The fourth-order valence-corrected chi connectivity index (χ4v) is 2.13. The van der Waals surface area contributed by atoms with Gasteiger partial charge in [0.1, 0.15) is 13.2 Å². The van der Waals surface area contributed by atoms with Gasteiger partial charge >= 0.3 is 0 Å². The molecule has 1 amide bonds. The van der Waals surface area contributed by atoms with Gasteiger partial charge in [0.05, 0.1) is 6.04 Å². The molecule has 1 heterocycles. The lowest BCUT2D eigenvalue weighted by atomic mass is 10.1. The molecule has 0 spiro atoms. The molecule has 1 aliphatic heterocycles. The summed E-state index contributed by atoms with van der Waals surface area (Å²) in [7, 11) is 1.93. The van der Waals surface area contributed by atoms with Gasteiger partial charge in [-0.15, -0.1) is 6.58 Å². The van der Waals surface area contributed by atoms with Crippen LogP contribution in [0.25, 0.3) is 0 Å². The van der Waals surface area contributed by atoms with Gasteiger partial charge in [-0.3, -0.25) is 9.69 Å². The number of nitrogens with zero attached hydrogens (tertiary/aromatic N) is 1. The smallest absolute Gasteiger partial charge is 0.237 e. The number of benzene rings is 1. The molecule has 2 rings (SSSR count). The van der Waals surface area contributed by atoms with E-state index in [0.29, 0.717) is 26.3 Å². The van der Waals surface area contributed by atoms with Crippen LogP contribution in [0.15, 0.2) is 30.9 Å². The number of hydrogen-bond donors (Lipinski definition) is 1. The first-order valence-electron chi connectivity index (χ1n) is 7.09. The second-order valence-corrected chi connectivity index (χ2v) is 5.10. The largest absolute Gasteiger partial charge is 0.486 e. The number of carbonyl (C=O) groups excluding carboxylic acids is 1. The fourth-order valence-electron chi connectivity index (χ4n) is 2.13. The Morgan fingerprint density at radius 2 is 2.14 bits per heavy atom. The quantitative estimate of drug-likeness (QED) is 0.808. The number of ether oxygens (including phenoxy) is 2. The van der Waals surface area contributed by atoms with Gasteiger partial charge in [0.25, 0.3) is 0 Å². The number of amides is 1. The summed E-state index contributed by atoms with van der Waals surface area (Å²) in [6, 6.07) is 5.68. The van der Waals surface area contributed by atoms with Gasteiger partial charge in [0.15, 0.2) is 11.5 Å². The molecule has 5 nitrogen and oxygen atoms in total. The summed E-state index contributed by atoms with van der Waals surface area (Å²) >= 11 is 0. The van der Waals surface area contributed by atoms with Crippen LogP contribution in [0.1, 0.15) is 12.5 Å². The minimum absolute atomic E-state index is 0.00468. The van der Waals surface area contributed by atoms with Crippen LogP contribution in [0.4, 0.5) is 0 Å². The zero-order valence-electron chi connectivity index (χ0n) is 12.6. The predicted molar refractivity (Wildman–Crippen MR) is 81.6 cm³/mol. The molecular formula is C16H22N2O3. The van der Waals surface area contributed by atoms with Crippen LogP contribution in [0, 0.1) is 0 Å². The number of fused-ring (bicyclic) bond motifs is 1. The Kier molecular flexibility index (Phi) is 5.22. The minimum atomic E-state index is -0.210. The topological polar surface area (TPSA) is 50.8 Å². The van der Waals surface area contributed by atoms with Crippen LogP contribution < -0.4 is 14.8 Å². The SMILES string of the molecule is C=CCNC(=O)C(C)N(C)Cc1ccc2c(c1)OCCO2. The van der Waals surface area contributed by atoms with Crippen LogP contribution in [0.3, 0.4) is 0 Å². The van der Waals surface area contributed by atoms with E-state index in [0.717, 1.165) is 17.1 Å². The van der Waals surface area contributed by atoms with Crippen molar-refractivity contribution in [2.45, 2.75) is 19.5 Å². The lowest BCUT2D eigenvalue weighted by molar-refractivity contribution is -0.125. The van der Waals surface area contributed by atoms with Crippen molar-refractivity contribution in [1.29, 1.82) is 0 Å². The highest BCUT2D eigenvalue weighted by atomic mass is 16.6. The molecule has 0 aromatic heterocycles. The van der Waals surface area contributed by atoms with Crippen molar-refractivity contribution >= 4 is 5.91 Å². The van der Waals surface area contributed by atoms with E-state index < -0.39 is 0 Å². The highest BCUT2D eigenvalue weighted by molar-refractivity contribution is 5.81. The molecule has 0 fully saturated rings. The summed E-state index contributed by atoms with van der Waals surface area (Å²) in [5, 5.41) is 2.81. The van der Waals surface area contributed by atoms with Crippen LogP contribution in [0.5, 0.6) is 11.5 Å². The fraction of sp³-hybridized carbons (Fsp3) is 0.438. The molecule has 0 radical (unpaired) electrons. The molecule has 1 N–H and O–H groups in total. The predicted octanol–water partition coefficient (Wildman–Crippen LogP) is 1.58. The minimum Gasteiger partial charge on any atom is -0.486 e. The van der Waals surface area contributed by atoms with Crippen molar-refractivity contribution in [2.75, 3.05) is 26.8 Å². The van der Waals surface area contributed by atoms with Crippen LogP contribution in [-0.4, -0.2) is 43.7 Å². The van der Waals surface area contributed by atoms with Gasteiger partial charge in [0, 0.05) is 13.1 Å². The maximum absolute atomic E-state index is 11.9. The van der Waals surface area contributed by atoms with E-state index in [1.807, 2.05) is 37.1 Å². The Morgan fingerprint density at radius 3 is 2.86 bits per heavy atom. The van der Waals surface area contributed by atoms with Crippen molar-refractivity contribution in [2.24, 2.45) is 0 Å². The van der Waals surface area contributed by atoms with Crippen LogP contribution in [0.2, 0.25) is 0 Å². The zero-order valence-corrected chi connectivity index (χ0v) is 12.6. The average Bonchev–Trinajstić information content (AvgIpc) is 2.51. The lowest BCUT2D eigenvalue weighted by Crippen LogP contribution is -2.42.